The summed E-state index contributed by atoms with van der Waals surface area (Å²) in [6.07, 6.45) is 1.54. The molecule has 0 aliphatic heterocycles. The fourth-order valence-electron chi connectivity index (χ4n) is 3.37. The third kappa shape index (κ3) is 4.50. The van der Waals surface area contributed by atoms with Gasteiger partial charge in [0.05, 0.1) is 11.4 Å². The molecular formula is C23H23F2N3O2. The van der Waals surface area contributed by atoms with Crippen LogP contribution < -0.4 is 4.74 Å². The van der Waals surface area contributed by atoms with Crippen molar-refractivity contribution >= 4 is 0 Å². The molecule has 0 unspecified atom stereocenters. The number of nitriles is 1. The van der Waals surface area contributed by atoms with E-state index in [0.29, 0.717) is 35.4 Å². The Balaban J connectivity index is 1.87. The summed E-state index contributed by atoms with van der Waals surface area (Å²) in [4.78, 5) is 0. The summed E-state index contributed by atoms with van der Waals surface area (Å²) in [5.74, 6) is -1.97. The van der Waals surface area contributed by atoms with Gasteiger partial charge in [0.15, 0.2) is 17.4 Å². The van der Waals surface area contributed by atoms with Gasteiger partial charge >= 0.3 is 0 Å². The van der Waals surface area contributed by atoms with Crippen molar-refractivity contribution in [2.24, 2.45) is 0 Å². The first-order valence-electron chi connectivity index (χ1n) is 9.77. The van der Waals surface area contributed by atoms with Crippen LogP contribution in [0.4, 0.5) is 8.78 Å². The Kier molecular flexibility index (Phi) is 6.80. The van der Waals surface area contributed by atoms with E-state index in [2.05, 4.69) is 16.3 Å². The van der Waals surface area contributed by atoms with Crippen molar-refractivity contribution in [3.63, 3.8) is 0 Å². The second-order valence-corrected chi connectivity index (χ2v) is 7.01. The number of aromatic nitrogens is 2. The Morgan fingerprint density at radius 2 is 1.90 bits per heavy atom. The zero-order chi connectivity index (χ0) is 21.7. The third-order valence-electron chi connectivity index (χ3n) is 4.99. The lowest BCUT2D eigenvalue weighted by Gasteiger charge is -2.14. The number of aromatic amines is 1. The van der Waals surface area contributed by atoms with Crippen molar-refractivity contribution in [1.29, 1.82) is 5.26 Å². The molecule has 1 heterocycles. The van der Waals surface area contributed by atoms with Gasteiger partial charge in [0.1, 0.15) is 18.2 Å². The molecule has 0 aliphatic carbocycles. The van der Waals surface area contributed by atoms with Crippen molar-refractivity contribution in [1.82, 2.24) is 10.2 Å². The fraction of sp³-hybridized carbons (Fsp3) is 0.304. The summed E-state index contributed by atoms with van der Waals surface area (Å²) in [5, 5.41) is 25.2. The van der Waals surface area contributed by atoms with E-state index in [4.69, 9.17) is 9.84 Å². The van der Waals surface area contributed by atoms with Gasteiger partial charge in [-0.05, 0) is 61.1 Å². The molecule has 2 aromatic carbocycles. The van der Waals surface area contributed by atoms with E-state index in [1.807, 2.05) is 25.1 Å². The van der Waals surface area contributed by atoms with Gasteiger partial charge in [-0.25, -0.2) is 8.78 Å². The summed E-state index contributed by atoms with van der Waals surface area (Å²) >= 11 is 0. The number of aryl methyl sites for hydroxylation is 3. The van der Waals surface area contributed by atoms with Crippen LogP contribution in [-0.4, -0.2) is 21.9 Å². The van der Waals surface area contributed by atoms with E-state index in [1.165, 1.54) is 12.1 Å². The van der Waals surface area contributed by atoms with Crippen LogP contribution in [-0.2, 0) is 19.4 Å². The number of H-pyrrole nitrogens is 1. The Morgan fingerprint density at radius 3 is 2.53 bits per heavy atom. The SMILES string of the molecule is CCc1ccc(-c2[nH]nc(C)c2C#N)cc1COc1c(F)cc(CCCO)cc1F. The van der Waals surface area contributed by atoms with Crippen molar-refractivity contribution in [2.75, 3.05) is 6.61 Å². The quantitative estimate of drug-likeness (QED) is 0.568. The molecule has 0 bridgehead atoms. The second kappa shape index (κ2) is 9.51. The number of hydrogen-bond acceptors (Lipinski definition) is 4. The van der Waals surface area contributed by atoms with Crippen LogP contribution >= 0.6 is 0 Å². The Hall–Kier alpha value is -3.24. The molecule has 0 atom stereocenters. The van der Waals surface area contributed by atoms with Crippen molar-refractivity contribution in [3.8, 4) is 23.1 Å². The van der Waals surface area contributed by atoms with Crippen LogP contribution in [0, 0.1) is 29.9 Å². The van der Waals surface area contributed by atoms with E-state index in [1.54, 1.807) is 6.92 Å². The highest BCUT2D eigenvalue weighted by Crippen LogP contribution is 2.28. The van der Waals surface area contributed by atoms with E-state index in [-0.39, 0.29) is 13.2 Å². The highest BCUT2D eigenvalue weighted by molar-refractivity contribution is 5.68. The van der Waals surface area contributed by atoms with Crippen LogP contribution in [0.15, 0.2) is 30.3 Å². The van der Waals surface area contributed by atoms with E-state index in [0.717, 1.165) is 23.1 Å². The number of aliphatic hydroxyl groups excluding tert-OH is 1. The minimum Gasteiger partial charge on any atom is -0.483 e. The molecule has 0 radical (unpaired) electrons. The summed E-state index contributed by atoms with van der Waals surface area (Å²) in [5.41, 5.74) is 4.65. The van der Waals surface area contributed by atoms with Gasteiger partial charge in [-0.1, -0.05) is 19.1 Å². The molecule has 1 aromatic heterocycles. The number of nitrogens with one attached hydrogen (secondary N) is 1. The number of nitrogens with zero attached hydrogens (tertiary/aromatic N) is 2. The van der Waals surface area contributed by atoms with Gasteiger partial charge in [-0.15, -0.1) is 0 Å². The molecule has 0 aliphatic rings. The second-order valence-electron chi connectivity index (χ2n) is 7.01. The molecule has 0 fully saturated rings. The first-order chi connectivity index (χ1) is 14.5. The molecule has 156 valence electrons. The first kappa shape index (κ1) is 21.5. The smallest absolute Gasteiger partial charge is 0.191 e. The Morgan fingerprint density at radius 1 is 1.17 bits per heavy atom. The lowest BCUT2D eigenvalue weighted by molar-refractivity contribution is 0.272. The molecule has 30 heavy (non-hydrogen) atoms. The molecule has 0 saturated heterocycles. The lowest BCUT2D eigenvalue weighted by Crippen LogP contribution is -2.04. The molecule has 2 N–H and O–H groups in total. The van der Waals surface area contributed by atoms with E-state index < -0.39 is 17.4 Å². The van der Waals surface area contributed by atoms with Crippen molar-refractivity contribution in [3.05, 3.63) is 69.9 Å². The molecule has 0 spiro atoms. The number of rotatable bonds is 8. The number of ether oxygens (including phenoxy) is 1. The molecule has 0 amide bonds. The van der Waals surface area contributed by atoms with Gasteiger partial charge in [0, 0.05) is 12.2 Å². The molecule has 0 saturated carbocycles. The average molecular weight is 411 g/mol. The Bertz CT molecular complexity index is 1060. The van der Waals surface area contributed by atoms with Gasteiger partial charge < -0.3 is 9.84 Å². The lowest BCUT2D eigenvalue weighted by atomic mass is 9.99. The molecule has 3 aromatic rings. The maximum Gasteiger partial charge on any atom is 0.191 e. The minimum absolute atomic E-state index is 0.0180. The number of hydrogen-bond donors (Lipinski definition) is 2. The largest absolute Gasteiger partial charge is 0.483 e. The van der Waals surface area contributed by atoms with Crippen LogP contribution in [0.3, 0.4) is 0 Å². The average Bonchev–Trinajstić information content (AvgIpc) is 3.11. The molecule has 7 heteroatoms. The fourth-order valence-corrected chi connectivity index (χ4v) is 3.37. The first-order valence-corrected chi connectivity index (χ1v) is 9.77. The summed E-state index contributed by atoms with van der Waals surface area (Å²) in [6.45, 7) is 3.67. The van der Waals surface area contributed by atoms with Crippen molar-refractivity contribution in [2.45, 2.75) is 39.7 Å². The van der Waals surface area contributed by atoms with Crippen LogP contribution in [0.1, 0.15) is 41.3 Å². The molecule has 3 rings (SSSR count). The van der Waals surface area contributed by atoms with Crippen LogP contribution in [0.2, 0.25) is 0 Å². The highest BCUT2D eigenvalue weighted by atomic mass is 19.1. The maximum absolute atomic E-state index is 14.4. The number of aliphatic hydroxyl groups is 1. The summed E-state index contributed by atoms with van der Waals surface area (Å²) in [6, 6.07) is 10.3. The van der Waals surface area contributed by atoms with Gasteiger partial charge in [0.2, 0.25) is 0 Å². The third-order valence-corrected chi connectivity index (χ3v) is 4.99. The monoisotopic (exact) mass is 411 g/mol. The highest BCUT2D eigenvalue weighted by Gasteiger charge is 2.16. The molecular weight excluding hydrogens is 388 g/mol. The zero-order valence-corrected chi connectivity index (χ0v) is 16.9. The van der Waals surface area contributed by atoms with Crippen LogP contribution in [0.5, 0.6) is 5.75 Å². The van der Waals surface area contributed by atoms with Gasteiger partial charge in [-0.3, -0.25) is 5.10 Å². The zero-order valence-electron chi connectivity index (χ0n) is 16.9. The standard InChI is InChI=1S/C23H23F2N3O2/c1-3-16-6-7-17(22-19(12-26)14(2)27-28-22)11-18(16)13-30-23-20(24)9-15(5-4-8-29)10-21(23)25/h6-7,9-11,29H,3-5,8,13H2,1-2H3,(H,27,28). The predicted octanol–water partition coefficient (Wildman–Crippen LogP) is 4.60. The van der Waals surface area contributed by atoms with Gasteiger partial charge in [-0.2, -0.15) is 10.4 Å². The normalized spacial score (nSPS) is 10.8. The summed E-state index contributed by atoms with van der Waals surface area (Å²) < 4.78 is 34.3. The number of benzene rings is 2. The van der Waals surface area contributed by atoms with Crippen molar-refractivity contribution < 1.29 is 18.6 Å². The summed E-state index contributed by atoms with van der Waals surface area (Å²) in [7, 11) is 0. The van der Waals surface area contributed by atoms with Crippen LogP contribution in [0.25, 0.3) is 11.3 Å². The Labute approximate surface area is 173 Å². The maximum atomic E-state index is 14.4. The minimum atomic E-state index is -0.770. The van der Waals surface area contributed by atoms with E-state index in [9.17, 15) is 14.0 Å². The predicted molar refractivity (Wildman–Crippen MR) is 109 cm³/mol. The van der Waals surface area contributed by atoms with Gasteiger partial charge in [0.25, 0.3) is 0 Å². The molecule has 5 nitrogen and oxygen atoms in total. The van der Waals surface area contributed by atoms with E-state index >= 15 is 0 Å². The topological polar surface area (TPSA) is 81.9 Å². The number of halogens is 2.